The van der Waals surface area contributed by atoms with Gasteiger partial charge in [0.25, 0.3) is 0 Å². The molecular formula is C16H10F3NO2. The van der Waals surface area contributed by atoms with Crippen molar-refractivity contribution in [2.45, 2.75) is 6.18 Å². The van der Waals surface area contributed by atoms with E-state index < -0.39 is 11.7 Å². The predicted molar refractivity (Wildman–Crippen MR) is 74.0 cm³/mol. The standard InChI is InChI=1S/C16H10F3NO2/c17-16(18,19)12-5-1-11(2-6-12)15-20-9-14(22-15)10-3-7-13(21)8-4-10/h1-9,21H. The largest absolute Gasteiger partial charge is 0.508 e. The van der Waals surface area contributed by atoms with Gasteiger partial charge in [0, 0.05) is 11.1 Å². The van der Waals surface area contributed by atoms with Crippen LogP contribution in [0.2, 0.25) is 0 Å². The van der Waals surface area contributed by atoms with Gasteiger partial charge in [-0.1, -0.05) is 0 Å². The minimum Gasteiger partial charge on any atom is -0.508 e. The van der Waals surface area contributed by atoms with Gasteiger partial charge in [0.05, 0.1) is 11.8 Å². The number of nitrogens with zero attached hydrogens (tertiary/aromatic N) is 1. The van der Waals surface area contributed by atoms with Crippen molar-refractivity contribution >= 4 is 0 Å². The number of phenolic OH excluding ortho intramolecular Hbond substituents is 1. The Labute approximate surface area is 123 Å². The van der Waals surface area contributed by atoms with E-state index in [1.807, 2.05) is 0 Å². The molecule has 3 rings (SSSR count). The first kappa shape index (κ1) is 14.2. The number of hydrogen-bond acceptors (Lipinski definition) is 3. The van der Waals surface area contributed by atoms with Crippen molar-refractivity contribution in [1.82, 2.24) is 4.98 Å². The summed E-state index contributed by atoms with van der Waals surface area (Å²) in [6.07, 6.45) is -2.88. The number of hydrogen-bond donors (Lipinski definition) is 1. The molecular weight excluding hydrogens is 295 g/mol. The molecule has 2 aromatic carbocycles. The van der Waals surface area contributed by atoms with E-state index in [0.29, 0.717) is 16.9 Å². The molecule has 0 amide bonds. The quantitative estimate of drug-likeness (QED) is 0.744. The fraction of sp³-hybridized carbons (Fsp3) is 0.0625. The molecule has 1 N–H and O–H groups in total. The van der Waals surface area contributed by atoms with Crippen LogP contribution in [-0.2, 0) is 6.18 Å². The van der Waals surface area contributed by atoms with E-state index in [1.165, 1.54) is 30.5 Å². The van der Waals surface area contributed by atoms with Gasteiger partial charge in [-0.2, -0.15) is 13.2 Å². The Balaban J connectivity index is 1.89. The predicted octanol–water partition coefficient (Wildman–Crippen LogP) is 4.73. The molecule has 0 bridgehead atoms. The van der Waals surface area contributed by atoms with E-state index in [9.17, 15) is 18.3 Å². The number of aromatic nitrogens is 1. The third-order valence-electron chi connectivity index (χ3n) is 3.12. The molecule has 1 aromatic heterocycles. The SMILES string of the molecule is Oc1ccc(-c2cnc(-c3ccc(C(F)(F)F)cc3)o2)cc1. The maximum absolute atomic E-state index is 12.5. The third-order valence-corrected chi connectivity index (χ3v) is 3.12. The van der Waals surface area contributed by atoms with Crippen molar-refractivity contribution in [3.05, 3.63) is 60.3 Å². The normalized spacial score (nSPS) is 11.6. The Morgan fingerprint density at radius 1 is 0.864 bits per heavy atom. The van der Waals surface area contributed by atoms with Gasteiger partial charge in [-0.15, -0.1) is 0 Å². The average molecular weight is 305 g/mol. The van der Waals surface area contributed by atoms with Gasteiger partial charge in [0.2, 0.25) is 5.89 Å². The van der Waals surface area contributed by atoms with E-state index in [0.717, 1.165) is 12.1 Å². The molecule has 0 aliphatic rings. The van der Waals surface area contributed by atoms with Crippen molar-refractivity contribution in [2.75, 3.05) is 0 Å². The molecule has 0 aliphatic carbocycles. The summed E-state index contributed by atoms with van der Waals surface area (Å²) in [5, 5.41) is 9.24. The summed E-state index contributed by atoms with van der Waals surface area (Å²) in [7, 11) is 0. The van der Waals surface area contributed by atoms with E-state index in [1.54, 1.807) is 12.1 Å². The van der Waals surface area contributed by atoms with Crippen LogP contribution in [0.25, 0.3) is 22.8 Å². The maximum atomic E-state index is 12.5. The Hall–Kier alpha value is -2.76. The Bertz CT molecular complexity index is 774. The lowest BCUT2D eigenvalue weighted by atomic mass is 10.1. The molecule has 0 fully saturated rings. The van der Waals surface area contributed by atoms with Gasteiger partial charge in [0.1, 0.15) is 5.75 Å². The minimum absolute atomic E-state index is 0.131. The molecule has 3 aromatic rings. The number of alkyl halides is 3. The van der Waals surface area contributed by atoms with Gasteiger partial charge in [-0.3, -0.25) is 0 Å². The molecule has 0 spiro atoms. The third kappa shape index (κ3) is 2.81. The second kappa shape index (κ2) is 5.22. The Kier molecular flexibility index (Phi) is 3.36. The average Bonchev–Trinajstić information content (AvgIpc) is 2.97. The summed E-state index contributed by atoms with van der Waals surface area (Å²) in [6, 6.07) is 10.9. The van der Waals surface area contributed by atoms with Crippen LogP contribution < -0.4 is 0 Å². The summed E-state index contributed by atoms with van der Waals surface area (Å²) in [4.78, 5) is 4.07. The van der Waals surface area contributed by atoms with Crippen LogP contribution in [0.4, 0.5) is 13.2 Å². The Morgan fingerprint density at radius 3 is 2.05 bits per heavy atom. The number of oxazole rings is 1. The number of benzene rings is 2. The van der Waals surface area contributed by atoms with Crippen LogP contribution in [0.3, 0.4) is 0 Å². The fourth-order valence-electron chi connectivity index (χ4n) is 1.97. The highest BCUT2D eigenvalue weighted by atomic mass is 19.4. The molecule has 3 nitrogen and oxygen atoms in total. The van der Waals surface area contributed by atoms with E-state index >= 15 is 0 Å². The highest BCUT2D eigenvalue weighted by Gasteiger charge is 2.30. The summed E-state index contributed by atoms with van der Waals surface area (Å²) in [6.45, 7) is 0. The topological polar surface area (TPSA) is 46.3 Å². The van der Waals surface area contributed by atoms with Gasteiger partial charge in [0.15, 0.2) is 5.76 Å². The molecule has 0 aliphatic heterocycles. The van der Waals surface area contributed by atoms with Crippen molar-refractivity contribution in [1.29, 1.82) is 0 Å². The van der Waals surface area contributed by atoms with Crippen LogP contribution in [0.1, 0.15) is 5.56 Å². The summed E-state index contributed by atoms with van der Waals surface area (Å²) < 4.78 is 43.1. The molecule has 0 saturated carbocycles. The summed E-state index contributed by atoms with van der Waals surface area (Å²) >= 11 is 0. The lowest BCUT2D eigenvalue weighted by Gasteiger charge is -2.06. The molecule has 0 atom stereocenters. The second-order valence-corrected chi connectivity index (χ2v) is 4.65. The lowest BCUT2D eigenvalue weighted by molar-refractivity contribution is -0.137. The summed E-state index contributed by atoms with van der Waals surface area (Å²) in [5.74, 6) is 0.831. The molecule has 6 heteroatoms. The first-order valence-electron chi connectivity index (χ1n) is 6.36. The lowest BCUT2D eigenvalue weighted by Crippen LogP contribution is -2.03. The monoisotopic (exact) mass is 305 g/mol. The van der Waals surface area contributed by atoms with Gasteiger partial charge >= 0.3 is 6.18 Å². The number of halogens is 3. The summed E-state index contributed by atoms with van der Waals surface area (Å²) in [5.41, 5.74) is 0.447. The second-order valence-electron chi connectivity index (χ2n) is 4.65. The first-order chi connectivity index (χ1) is 10.4. The van der Waals surface area contributed by atoms with E-state index in [2.05, 4.69) is 4.98 Å². The molecule has 112 valence electrons. The number of aromatic hydroxyl groups is 1. The maximum Gasteiger partial charge on any atom is 0.416 e. The van der Waals surface area contributed by atoms with Crippen molar-refractivity contribution < 1.29 is 22.7 Å². The molecule has 0 radical (unpaired) electrons. The highest BCUT2D eigenvalue weighted by Crippen LogP contribution is 2.32. The first-order valence-corrected chi connectivity index (χ1v) is 6.36. The molecule has 0 unspecified atom stereocenters. The van der Waals surface area contributed by atoms with Crippen molar-refractivity contribution in [3.8, 4) is 28.5 Å². The smallest absolute Gasteiger partial charge is 0.416 e. The van der Waals surface area contributed by atoms with E-state index in [4.69, 9.17) is 4.42 Å². The van der Waals surface area contributed by atoms with Crippen LogP contribution in [-0.4, -0.2) is 10.1 Å². The van der Waals surface area contributed by atoms with Gasteiger partial charge in [-0.25, -0.2) is 4.98 Å². The van der Waals surface area contributed by atoms with Crippen LogP contribution in [0, 0.1) is 0 Å². The van der Waals surface area contributed by atoms with Crippen LogP contribution >= 0.6 is 0 Å². The Morgan fingerprint density at radius 2 is 1.45 bits per heavy atom. The highest BCUT2D eigenvalue weighted by molar-refractivity contribution is 5.61. The zero-order chi connectivity index (χ0) is 15.7. The molecule has 1 heterocycles. The van der Waals surface area contributed by atoms with Crippen molar-refractivity contribution in [3.63, 3.8) is 0 Å². The number of phenols is 1. The van der Waals surface area contributed by atoms with E-state index in [-0.39, 0.29) is 11.6 Å². The van der Waals surface area contributed by atoms with Gasteiger partial charge in [-0.05, 0) is 48.5 Å². The fourth-order valence-corrected chi connectivity index (χ4v) is 1.97. The van der Waals surface area contributed by atoms with Crippen LogP contribution in [0.15, 0.2) is 59.1 Å². The minimum atomic E-state index is -4.37. The zero-order valence-corrected chi connectivity index (χ0v) is 11.1. The van der Waals surface area contributed by atoms with Crippen LogP contribution in [0.5, 0.6) is 5.75 Å². The molecule has 0 saturated heterocycles. The van der Waals surface area contributed by atoms with Gasteiger partial charge < -0.3 is 9.52 Å². The molecule has 22 heavy (non-hydrogen) atoms. The number of rotatable bonds is 2. The zero-order valence-electron chi connectivity index (χ0n) is 11.1. The van der Waals surface area contributed by atoms with Crippen molar-refractivity contribution in [2.24, 2.45) is 0 Å².